The highest BCUT2D eigenvalue weighted by atomic mass is 16.3. The van der Waals surface area contributed by atoms with Gasteiger partial charge in [-0.25, -0.2) is 0 Å². The van der Waals surface area contributed by atoms with Crippen molar-refractivity contribution in [3.63, 3.8) is 0 Å². The molecule has 1 amide bonds. The average Bonchev–Trinajstić information content (AvgIpc) is 2.74. The van der Waals surface area contributed by atoms with E-state index in [1.165, 1.54) is 0 Å². The SMILES string of the molecule is CC(C)C[C@H](N)C(=O)NCC1(CO)CCCC1. The van der Waals surface area contributed by atoms with Crippen molar-refractivity contribution in [1.29, 1.82) is 0 Å². The van der Waals surface area contributed by atoms with Crippen molar-refractivity contribution in [3.05, 3.63) is 0 Å². The lowest BCUT2D eigenvalue weighted by Gasteiger charge is -2.27. The van der Waals surface area contributed by atoms with Crippen LogP contribution in [0.4, 0.5) is 0 Å². The number of aliphatic hydroxyl groups is 1. The van der Waals surface area contributed by atoms with E-state index in [9.17, 15) is 9.90 Å². The monoisotopic (exact) mass is 242 g/mol. The van der Waals surface area contributed by atoms with Crippen LogP contribution < -0.4 is 11.1 Å². The van der Waals surface area contributed by atoms with Gasteiger partial charge >= 0.3 is 0 Å². The fourth-order valence-corrected chi connectivity index (χ4v) is 2.54. The number of carbonyl (C=O) groups excluding carboxylic acids is 1. The molecule has 4 heteroatoms. The molecule has 0 aromatic heterocycles. The van der Waals surface area contributed by atoms with Gasteiger partial charge in [0.05, 0.1) is 12.6 Å². The summed E-state index contributed by atoms with van der Waals surface area (Å²) in [6.07, 6.45) is 5.01. The van der Waals surface area contributed by atoms with Gasteiger partial charge in [0, 0.05) is 12.0 Å². The molecule has 1 atom stereocenters. The zero-order valence-corrected chi connectivity index (χ0v) is 11.0. The van der Waals surface area contributed by atoms with Gasteiger partial charge in [-0.3, -0.25) is 4.79 Å². The predicted octanol–water partition coefficient (Wildman–Crippen LogP) is 1.03. The molecule has 1 fully saturated rings. The summed E-state index contributed by atoms with van der Waals surface area (Å²) in [5.41, 5.74) is 5.72. The van der Waals surface area contributed by atoms with Crippen molar-refractivity contribution in [3.8, 4) is 0 Å². The lowest BCUT2D eigenvalue weighted by atomic mass is 9.87. The van der Waals surface area contributed by atoms with Gasteiger partial charge in [-0.1, -0.05) is 26.7 Å². The Labute approximate surface area is 104 Å². The predicted molar refractivity (Wildman–Crippen MR) is 68.4 cm³/mol. The Balaban J connectivity index is 2.36. The summed E-state index contributed by atoms with van der Waals surface area (Å²) in [5.74, 6) is 0.340. The van der Waals surface area contributed by atoms with E-state index in [2.05, 4.69) is 19.2 Å². The van der Waals surface area contributed by atoms with Gasteiger partial charge in [0.1, 0.15) is 0 Å². The molecule has 0 aromatic rings. The van der Waals surface area contributed by atoms with Crippen LogP contribution in [0, 0.1) is 11.3 Å². The number of amides is 1. The van der Waals surface area contributed by atoms with Crippen LogP contribution in [0.1, 0.15) is 46.0 Å². The maximum absolute atomic E-state index is 11.8. The topological polar surface area (TPSA) is 75.4 Å². The lowest BCUT2D eigenvalue weighted by Crippen LogP contribution is -2.46. The molecule has 100 valence electrons. The Morgan fingerprint density at radius 1 is 1.41 bits per heavy atom. The van der Waals surface area contributed by atoms with Crippen molar-refractivity contribution in [2.75, 3.05) is 13.2 Å². The molecule has 4 nitrogen and oxygen atoms in total. The van der Waals surface area contributed by atoms with E-state index < -0.39 is 6.04 Å². The lowest BCUT2D eigenvalue weighted by molar-refractivity contribution is -0.123. The first-order valence-electron chi connectivity index (χ1n) is 6.63. The molecule has 0 unspecified atom stereocenters. The van der Waals surface area contributed by atoms with Crippen molar-refractivity contribution in [1.82, 2.24) is 5.32 Å². The number of carbonyl (C=O) groups is 1. The second-order valence-corrected chi connectivity index (χ2v) is 5.82. The van der Waals surface area contributed by atoms with E-state index in [-0.39, 0.29) is 17.9 Å². The highest BCUT2D eigenvalue weighted by molar-refractivity contribution is 5.81. The quantitative estimate of drug-likeness (QED) is 0.651. The average molecular weight is 242 g/mol. The molecular weight excluding hydrogens is 216 g/mol. The first-order chi connectivity index (χ1) is 7.99. The Morgan fingerprint density at radius 2 is 2.00 bits per heavy atom. The van der Waals surface area contributed by atoms with E-state index in [1.54, 1.807) is 0 Å². The minimum absolute atomic E-state index is 0.0848. The molecule has 0 aliphatic heterocycles. The van der Waals surface area contributed by atoms with Gasteiger partial charge in [-0.05, 0) is 25.2 Å². The summed E-state index contributed by atoms with van der Waals surface area (Å²) in [6.45, 7) is 4.83. The van der Waals surface area contributed by atoms with E-state index in [4.69, 9.17) is 5.73 Å². The van der Waals surface area contributed by atoms with Crippen molar-refractivity contribution < 1.29 is 9.90 Å². The molecule has 1 saturated carbocycles. The Hall–Kier alpha value is -0.610. The molecule has 0 radical (unpaired) electrons. The number of nitrogens with one attached hydrogen (secondary N) is 1. The number of hydrogen-bond acceptors (Lipinski definition) is 3. The van der Waals surface area contributed by atoms with Gasteiger partial charge < -0.3 is 16.2 Å². The summed E-state index contributed by atoms with van der Waals surface area (Å²) in [4.78, 5) is 11.8. The van der Waals surface area contributed by atoms with Crippen LogP contribution in [0.2, 0.25) is 0 Å². The number of nitrogens with two attached hydrogens (primary N) is 1. The zero-order valence-electron chi connectivity index (χ0n) is 11.0. The van der Waals surface area contributed by atoms with Crippen LogP contribution >= 0.6 is 0 Å². The van der Waals surface area contributed by atoms with Crippen LogP contribution in [-0.2, 0) is 4.79 Å². The number of rotatable bonds is 6. The van der Waals surface area contributed by atoms with Crippen LogP contribution in [0.5, 0.6) is 0 Å². The summed E-state index contributed by atoms with van der Waals surface area (Å²) >= 11 is 0. The van der Waals surface area contributed by atoms with E-state index in [1.807, 2.05) is 0 Å². The molecule has 0 spiro atoms. The number of hydrogen-bond donors (Lipinski definition) is 3. The highest BCUT2D eigenvalue weighted by Crippen LogP contribution is 2.36. The first-order valence-corrected chi connectivity index (χ1v) is 6.63. The van der Waals surface area contributed by atoms with Crippen LogP contribution in [0.3, 0.4) is 0 Å². The second-order valence-electron chi connectivity index (χ2n) is 5.82. The molecule has 0 bridgehead atoms. The third-order valence-corrected chi connectivity index (χ3v) is 3.70. The summed E-state index contributed by atoms with van der Waals surface area (Å²) in [7, 11) is 0. The molecule has 1 aliphatic rings. The molecule has 4 N–H and O–H groups in total. The molecule has 0 saturated heterocycles. The fourth-order valence-electron chi connectivity index (χ4n) is 2.54. The van der Waals surface area contributed by atoms with Gasteiger partial charge in [-0.2, -0.15) is 0 Å². The van der Waals surface area contributed by atoms with E-state index in [0.29, 0.717) is 18.9 Å². The minimum Gasteiger partial charge on any atom is -0.396 e. The highest BCUT2D eigenvalue weighted by Gasteiger charge is 2.33. The standard InChI is InChI=1S/C13H26N2O2/c1-10(2)7-11(14)12(17)15-8-13(9-16)5-3-4-6-13/h10-11,16H,3-9,14H2,1-2H3,(H,15,17)/t11-/m0/s1. The Morgan fingerprint density at radius 3 is 2.47 bits per heavy atom. The zero-order chi connectivity index (χ0) is 12.9. The largest absolute Gasteiger partial charge is 0.396 e. The van der Waals surface area contributed by atoms with E-state index in [0.717, 1.165) is 25.7 Å². The first kappa shape index (κ1) is 14.5. The van der Waals surface area contributed by atoms with Gasteiger partial charge in [0.25, 0.3) is 0 Å². The van der Waals surface area contributed by atoms with Crippen LogP contribution in [0.15, 0.2) is 0 Å². The van der Waals surface area contributed by atoms with Crippen molar-refractivity contribution in [2.45, 2.75) is 52.0 Å². The summed E-state index contributed by atoms with van der Waals surface area (Å²) < 4.78 is 0. The maximum atomic E-state index is 11.8. The minimum atomic E-state index is -0.424. The van der Waals surface area contributed by atoms with Crippen LogP contribution in [-0.4, -0.2) is 30.2 Å². The van der Waals surface area contributed by atoms with Gasteiger partial charge in [-0.15, -0.1) is 0 Å². The second kappa shape index (κ2) is 6.36. The van der Waals surface area contributed by atoms with Gasteiger partial charge in [0.2, 0.25) is 5.91 Å². The summed E-state index contributed by atoms with van der Waals surface area (Å²) in [5, 5.41) is 12.3. The molecule has 0 aromatic carbocycles. The Kier molecular flexibility index (Phi) is 5.40. The third-order valence-electron chi connectivity index (χ3n) is 3.70. The molecular formula is C13H26N2O2. The molecule has 1 aliphatic carbocycles. The van der Waals surface area contributed by atoms with Crippen molar-refractivity contribution >= 4 is 5.91 Å². The van der Waals surface area contributed by atoms with Crippen LogP contribution in [0.25, 0.3) is 0 Å². The summed E-state index contributed by atoms with van der Waals surface area (Å²) in [6, 6.07) is -0.424. The van der Waals surface area contributed by atoms with Gasteiger partial charge in [0.15, 0.2) is 0 Å². The van der Waals surface area contributed by atoms with E-state index >= 15 is 0 Å². The smallest absolute Gasteiger partial charge is 0.236 e. The molecule has 1 rings (SSSR count). The Bertz CT molecular complexity index is 248. The molecule has 17 heavy (non-hydrogen) atoms. The molecule has 0 heterocycles. The fraction of sp³-hybridized carbons (Fsp3) is 0.923. The van der Waals surface area contributed by atoms with Crippen molar-refractivity contribution in [2.24, 2.45) is 17.1 Å². The third kappa shape index (κ3) is 4.28. The maximum Gasteiger partial charge on any atom is 0.236 e. The number of aliphatic hydroxyl groups excluding tert-OH is 1. The normalized spacial score (nSPS) is 20.5.